The highest BCUT2D eigenvalue weighted by Gasteiger charge is 2.35. The van der Waals surface area contributed by atoms with Crippen molar-refractivity contribution in [1.29, 1.82) is 0 Å². The lowest BCUT2D eigenvalue weighted by Crippen LogP contribution is -2.57. The Hall–Kier alpha value is -2.15. The largest absolute Gasteiger partial charge is 0.480 e. The number of carbonyl (C=O) groups excluding carboxylic acids is 1. The number of aliphatic carboxylic acids is 1. The van der Waals surface area contributed by atoms with Gasteiger partial charge in [-0.05, 0) is 32.9 Å². The van der Waals surface area contributed by atoms with Gasteiger partial charge in [0.1, 0.15) is 11.6 Å². The van der Waals surface area contributed by atoms with Crippen molar-refractivity contribution in [3.8, 4) is 0 Å². The van der Waals surface area contributed by atoms with Crippen LogP contribution in [0.25, 0.3) is 0 Å². The standard InChI is InChI=1S/C16H23N3O4/c1-16(2,3)23-15(22)19-9-8-18(13(11-19)14(20)21)10-12-6-4-5-7-17-12/h4-7,13H,8-11H2,1-3H3,(H,20,21)/t13-/m0/s1. The van der Waals surface area contributed by atoms with Crippen LogP contribution >= 0.6 is 0 Å². The van der Waals surface area contributed by atoms with E-state index < -0.39 is 23.7 Å². The second-order valence-electron chi connectivity index (χ2n) is 6.57. The number of carboxylic acid groups (broad SMARTS) is 1. The van der Waals surface area contributed by atoms with Crippen molar-refractivity contribution in [3.05, 3.63) is 30.1 Å². The number of pyridine rings is 1. The predicted octanol–water partition coefficient (Wildman–Crippen LogP) is 1.59. The maximum atomic E-state index is 12.1. The number of carbonyl (C=O) groups is 2. The van der Waals surface area contributed by atoms with Gasteiger partial charge < -0.3 is 14.7 Å². The van der Waals surface area contributed by atoms with Gasteiger partial charge in [0.15, 0.2) is 0 Å². The number of carboxylic acids is 1. The molecular formula is C16H23N3O4. The van der Waals surface area contributed by atoms with Gasteiger partial charge in [-0.2, -0.15) is 0 Å². The first kappa shape index (κ1) is 17.2. The molecule has 0 unspecified atom stereocenters. The molecule has 1 saturated heterocycles. The maximum absolute atomic E-state index is 12.1. The summed E-state index contributed by atoms with van der Waals surface area (Å²) in [7, 11) is 0. The molecule has 0 bridgehead atoms. The third-order valence-electron chi connectivity index (χ3n) is 3.52. The highest BCUT2D eigenvalue weighted by Crippen LogP contribution is 2.17. The third-order valence-corrected chi connectivity index (χ3v) is 3.52. The topological polar surface area (TPSA) is 83.0 Å². The Bertz CT molecular complexity index is 556. The second-order valence-corrected chi connectivity index (χ2v) is 6.57. The second kappa shape index (κ2) is 6.95. The molecule has 126 valence electrons. The van der Waals surface area contributed by atoms with Crippen LogP contribution in [0, 0.1) is 0 Å². The van der Waals surface area contributed by atoms with E-state index in [-0.39, 0.29) is 6.54 Å². The fourth-order valence-electron chi connectivity index (χ4n) is 2.44. The first-order valence-electron chi connectivity index (χ1n) is 7.61. The lowest BCUT2D eigenvalue weighted by molar-refractivity contribution is -0.145. The minimum Gasteiger partial charge on any atom is -0.480 e. The first-order chi connectivity index (χ1) is 10.8. The van der Waals surface area contributed by atoms with E-state index in [9.17, 15) is 14.7 Å². The summed E-state index contributed by atoms with van der Waals surface area (Å²) in [5.41, 5.74) is 0.213. The Morgan fingerprint density at radius 3 is 2.65 bits per heavy atom. The monoisotopic (exact) mass is 321 g/mol. The molecule has 23 heavy (non-hydrogen) atoms. The molecule has 0 aliphatic carbocycles. The molecule has 1 N–H and O–H groups in total. The fourth-order valence-corrected chi connectivity index (χ4v) is 2.44. The van der Waals surface area contributed by atoms with Gasteiger partial charge in [0, 0.05) is 25.8 Å². The van der Waals surface area contributed by atoms with Crippen molar-refractivity contribution in [1.82, 2.24) is 14.8 Å². The highest BCUT2D eigenvalue weighted by molar-refractivity contribution is 5.76. The van der Waals surface area contributed by atoms with Gasteiger partial charge in [-0.3, -0.25) is 14.7 Å². The van der Waals surface area contributed by atoms with E-state index >= 15 is 0 Å². The van der Waals surface area contributed by atoms with Gasteiger partial charge >= 0.3 is 12.1 Å². The van der Waals surface area contributed by atoms with E-state index in [4.69, 9.17) is 4.74 Å². The summed E-state index contributed by atoms with van der Waals surface area (Å²) >= 11 is 0. The summed E-state index contributed by atoms with van der Waals surface area (Å²) < 4.78 is 5.32. The Morgan fingerprint density at radius 2 is 2.09 bits per heavy atom. The van der Waals surface area contributed by atoms with E-state index in [0.717, 1.165) is 5.69 Å². The van der Waals surface area contributed by atoms with Crippen molar-refractivity contribution in [3.63, 3.8) is 0 Å². The van der Waals surface area contributed by atoms with Crippen LogP contribution in [-0.2, 0) is 16.1 Å². The van der Waals surface area contributed by atoms with Crippen molar-refractivity contribution < 1.29 is 19.4 Å². The maximum Gasteiger partial charge on any atom is 0.410 e. The van der Waals surface area contributed by atoms with Crippen molar-refractivity contribution in [2.45, 2.75) is 39.0 Å². The number of hydrogen-bond acceptors (Lipinski definition) is 5. The summed E-state index contributed by atoms with van der Waals surface area (Å²) in [5.74, 6) is -0.950. The van der Waals surface area contributed by atoms with Gasteiger partial charge in [-0.25, -0.2) is 4.79 Å². The van der Waals surface area contributed by atoms with Crippen LogP contribution in [0.3, 0.4) is 0 Å². The van der Waals surface area contributed by atoms with Gasteiger partial charge in [0.25, 0.3) is 0 Å². The Morgan fingerprint density at radius 1 is 1.35 bits per heavy atom. The Balaban J connectivity index is 2.03. The lowest BCUT2D eigenvalue weighted by Gasteiger charge is -2.39. The molecule has 1 aliphatic heterocycles. The summed E-state index contributed by atoms with van der Waals surface area (Å²) in [6, 6.07) is 4.78. The quantitative estimate of drug-likeness (QED) is 0.910. The summed E-state index contributed by atoms with van der Waals surface area (Å²) in [5, 5.41) is 9.48. The van der Waals surface area contributed by atoms with Crippen LogP contribution in [0.2, 0.25) is 0 Å². The number of ether oxygens (including phenoxy) is 1. The predicted molar refractivity (Wildman–Crippen MR) is 83.9 cm³/mol. The fraction of sp³-hybridized carbons (Fsp3) is 0.562. The first-order valence-corrected chi connectivity index (χ1v) is 7.61. The van der Waals surface area contributed by atoms with E-state index in [1.807, 2.05) is 23.1 Å². The van der Waals surface area contributed by atoms with Crippen LogP contribution in [0.5, 0.6) is 0 Å². The van der Waals surface area contributed by atoms with Crippen molar-refractivity contribution in [2.24, 2.45) is 0 Å². The van der Waals surface area contributed by atoms with Gasteiger partial charge in [0.05, 0.1) is 12.2 Å². The van der Waals surface area contributed by atoms with Crippen molar-refractivity contribution >= 4 is 12.1 Å². The van der Waals surface area contributed by atoms with Crippen LogP contribution in [-0.4, -0.2) is 63.2 Å². The normalized spacial score (nSPS) is 19.4. The Kier molecular flexibility index (Phi) is 5.20. The molecule has 0 radical (unpaired) electrons. The number of hydrogen-bond donors (Lipinski definition) is 1. The number of rotatable bonds is 3. The van der Waals surface area contributed by atoms with Crippen LogP contribution in [0.4, 0.5) is 4.79 Å². The molecule has 1 aromatic heterocycles. The molecule has 0 spiro atoms. The van der Waals surface area contributed by atoms with Gasteiger partial charge in [-0.15, -0.1) is 0 Å². The summed E-state index contributed by atoms with van der Waals surface area (Å²) in [6.45, 7) is 6.82. The van der Waals surface area contributed by atoms with E-state index in [1.54, 1.807) is 27.0 Å². The zero-order chi connectivity index (χ0) is 17.0. The molecule has 2 rings (SSSR count). The molecule has 1 fully saturated rings. The molecular weight excluding hydrogens is 298 g/mol. The minimum atomic E-state index is -0.950. The van der Waals surface area contributed by atoms with Gasteiger partial charge in [0.2, 0.25) is 0 Å². The number of aromatic nitrogens is 1. The zero-order valence-electron chi connectivity index (χ0n) is 13.7. The Labute approximate surface area is 135 Å². The minimum absolute atomic E-state index is 0.108. The molecule has 1 aromatic rings. The average molecular weight is 321 g/mol. The summed E-state index contributed by atoms with van der Waals surface area (Å²) in [6.07, 6.45) is 1.21. The van der Waals surface area contributed by atoms with Crippen molar-refractivity contribution in [2.75, 3.05) is 19.6 Å². The lowest BCUT2D eigenvalue weighted by atomic mass is 10.1. The average Bonchev–Trinajstić information content (AvgIpc) is 2.46. The summed E-state index contributed by atoms with van der Waals surface area (Å²) in [4.78, 5) is 31.2. The van der Waals surface area contributed by atoms with E-state index in [0.29, 0.717) is 19.6 Å². The highest BCUT2D eigenvalue weighted by atomic mass is 16.6. The molecule has 7 heteroatoms. The molecule has 2 heterocycles. The third kappa shape index (κ3) is 4.92. The number of nitrogens with zero attached hydrogens (tertiary/aromatic N) is 3. The molecule has 0 saturated carbocycles. The molecule has 7 nitrogen and oxygen atoms in total. The number of amides is 1. The van der Waals surface area contributed by atoms with Gasteiger partial charge in [-0.1, -0.05) is 6.07 Å². The van der Waals surface area contributed by atoms with Crippen LogP contribution in [0.15, 0.2) is 24.4 Å². The van der Waals surface area contributed by atoms with E-state index in [1.165, 1.54) is 4.90 Å². The van der Waals surface area contributed by atoms with Crippen LogP contribution in [0.1, 0.15) is 26.5 Å². The molecule has 1 atom stereocenters. The van der Waals surface area contributed by atoms with Crippen LogP contribution < -0.4 is 0 Å². The van der Waals surface area contributed by atoms with E-state index in [2.05, 4.69) is 4.98 Å². The smallest absolute Gasteiger partial charge is 0.410 e. The number of piperazine rings is 1. The SMILES string of the molecule is CC(C)(C)OC(=O)N1CCN(Cc2ccccn2)[C@H](C(=O)O)C1. The molecule has 1 amide bonds. The zero-order valence-corrected chi connectivity index (χ0v) is 13.7. The molecule has 1 aliphatic rings. The molecule has 0 aromatic carbocycles.